The van der Waals surface area contributed by atoms with Crippen molar-refractivity contribution in [3.05, 3.63) is 29.8 Å². The maximum absolute atomic E-state index is 12.1. The molecule has 0 heterocycles. The molecule has 112 valence electrons. The Morgan fingerprint density at radius 3 is 2.55 bits per heavy atom. The Kier molecular flexibility index (Phi) is 6.52. The van der Waals surface area contributed by atoms with Crippen molar-refractivity contribution in [2.75, 3.05) is 13.2 Å². The fraction of sp³-hybridized carbons (Fsp3) is 0.562. The van der Waals surface area contributed by atoms with E-state index in [1.165, 1.54) is 0 Å². The van der Waals surface area contributed by atoms with Crippen molar-refractivity contribution in [2.24, 2.45) is 0 Å². The first-order valence-electron chi connectivity index (χ1n) is 7.11. The lowest BCUT2D eigenvalue weighted by molar-refractivity contribution is 0.0932. The fourth-order valence-electron chi connectivity index (χ4n) is 1.78. The number of nitrogens with one attached hydrogen (secondary N) is 1. The summed E-state index contributed by atoms with van der Waals surface area (Å²) in [4.78, 5) is 12.1. The SMILES string of the molecule is CC(C)(C)Oc1ccccc1C(=O)NCCCCCO. The summed E-state index contributed by atoms with van der Waals surface area (Å²) in [5.41, 5.74) is 0.224. The van der Waals surface area contributed by atoms with Crippen molar-refractivity contribution in [1.82, 2.24) is 5.32 Å². The van der Waals surface area contributed by atoms with Crippen LogP contribution in [0.1, 0.15) is 50.4 Å². The van der Waals surface area contributed by atoms with E-state index < -0.39 is 0 Å². The number of hydrogen-bond acceptors (Lipinski definition) is 3. The standard InChI is InChI=1S/C16H25NO3/c1-16(2,3)20-14-10-6-5-9-13(14)15(19)17-11-7-4-8-12-18/h5-6,9-10,18H,4,7-8,11-12H2,1-3H3,(H,17,19). The Morgan fingerprint density at radius 2 is 1.90 bits per heavy atom. The number of amides is 1. The fourth-order valence-corrected chi connectivity index (χ4v) is 1.78. The maximum atomic E-state index is 12.1. The molecule has 0 aliphatic heterocycles. The molecule has 1 amide bonds. The quantitative estimate of drug-likeness (QED) is 0.755. The van der Waals surface area contributed by atoms with Gasteiger partial charge in [0.25, 0.3) is 5.91 Å². The lowest BCUT2D eigenvalue weighted by atomic mass is 10.1. The topological polar surface area (TPSA) is 58.6 Å². The molecule has 1 rings (SSSR count). The van der Waals surface area contributed by atoms with Crippen molar-refractivity contribution in [1.29, 1.82) is 0 Å². The van der Waals surface area contributed by atoms with Gasteiger partial charge in [0.1, 0.15) is 11.4 Å². The van der Waals surface area contributed by atoms with Crippen LogP contribution >= 0.6 is 0 Å². The summed E-state index contributed by atoms with van der Waals surface area (Å²) in [5.74, 6) is 0.488. The van der Waals surface area contributed by atoms with Crippen LogP contribution in [0.5, 0.6) is 5.75 Å². The highest BCUT2D eigenvalue weighted by Crippen LogP contribution is 2.22. The second-order valence-corrected chi connectivity index (χ2v) is 5.75. The third-order valence-corrected chi connectivity index (χ3v) is 2.67. The van der Waals surface area contributed by atoms with Crippen LogP contribution in [0.3, 0.4) is 0 Å². The summed E-state index contributed by atoms with van der Waals surface area (Å²) in [6, 6.07) is 7.27. The smallest absolute Gasteiger partial charge is 0.255 e. The number of hydrogen-bond donors (Lipinski definition) is 2. The number of benzene rings is 1. The number of para-hydroxylation sites is 1. The largest absolute Gasteiger partial charge is 0.487 e. The molecule has 4 heteroatoms. The summed E-state index contributed by atoms with van der Waals surface area (Å²) in [5, 5.41) is 11.6. The van der Waals surface area contributed by atoms with Crippen molar-refractivity contribution in [3.8, 4) is 5.75 Å². The summed E-state index contributed by atoms with van der Waals surface area (Å²) in [7, 11) is 0. The highest BCUT2D eigenvalue weighted by molar-refractivity contribution is 5.96. The van der Waals surface area contributed by atoms with Crippen LogP contribution < -0.4 is 10.1 Å². The van der Waals surface area contributed by atoms with Gasteiger partial charge in [-0.15, -0.1) is 0 Å². The van der Waals surface area contributed by atoms with Crippen LogP contribution in [0, 0.1) is 0 Å². The Hall–Kier alpha value is -1.55. The molecule has 4 nitrogen and oxygen atoms in total. The van der Waals surface area contributed by atoms with Crippen molar-refractivity contribution in [2.45, 2.75) is 45.6 Å². The van der Waals surface area contributed by atoms with Crippen LogP contribution in [0.15, 0.2) is 24.3 Å². The molecule has 0 radical (unpaired) electrons. The predicted molar refractivity (Wildman–Crippen MR) is 80.1 cm³/mol. The van der Waals surface area contributed by atoms with Gasteiger partial charge in [0.05, 0.1) is 5.56 Å². The predicted octanol–water partition coefficient (Wildman–Crippen LogP) is 2.76. The second kappa shape index (κ2) is 7.90. The minimum atomic E-state index is -0.336. The molecule has 2 N–H and O–H groups in total. The second-order valence-electron chi connectivity index (χ2n) is 5.75. The zero-order chi connectivity index (χ0) is 15.0. The lowest BCUT2D eigenvalue weighted by Gasteiger charge is -2.23. The molecule has 1 aromatic rings. The van der Waals surface area contributed by atoms with E-state index in [1.807, 2.05) is 39.0 Å². The minimum Gasteiger partial charge on any atom is -0.487 e. The van der Waals surface area contributed by atoms with Crippen LogP contribution in [0.2, 0.25) is 0 Å². The van der Waals surface area contributed by atoms with Gasteiger partial charge in [-0.05, 0) is 52.2 Å². The number of unbranched alkanes of at least 4 members (excludes halogenated alkanes) is 2. The molecule has 0 aliphatic carbocycles. The number of aliphatic hydroxyl groups excluding tert-OH is 1. The molecule has 0 aliphatic rings. The van der Waals surface area contributed by atoms with Gasteiger partial charge >= 0.3 is 0 Å². The molecule has 0 bridgehead atoms. The molecule has 0 unspecified atom stereocenters. The first-order valence-corrected chi connectivity index (χ1v) is 7.11. The number of rotatable bonds is 7. The first kappa shape index (κ1) is 16.5. The summed E-state index contributed by atoms with van der Waals surface area (Å²) in [6.45, 7) is 6.68. The van der Waals surface area contributed by atoms with Gasteiger partial charge in [-0.25, -0.2) is 0 Å². The van der Waals surface area contributed by atoms with Crippen LogP contribution in [-0.4, -0.2) is 29.8 Å². The molecule has 0 fully saturated rings. The Morgan fingerprint density at radius 1 is 1.20 bits per heavy atom. The van der Waals surface area contributed by atoms with E-state index in [0.29, 0.717) is 17.9 Å². The van der Waals surface area contributed by atoms with Gasteiger partial charge in [-0.1, -0.05) is 12.1 Å². The van der Waals surface area contributed by atoms with Crippen molar-refractivity contribution >= 4 is 5.91 Å². The number of carbonyl (C=O) groups is 1. The monoisotopic (exact) mass is 279 g/mol. The maximum Gasteiger partial charge on any atom is 0.255 e. The molecule has 0 atom stereocenters. The van der Waals surface area contributed by atoms with E-state index in [-0.39, 0.29) is 18.1 Å². The number of aliphatic hydroxyl groups is 1. The van der Waals surface area contributed by atoms with Gasteiger partial charge in [-0.3, -0.25) is 4.79 Å². The van der Waals surface area contributed by atoms with Gasteiger partial charge in [0.15, 0.2) is 0 Å². The summed E-state index contributed by atoms with van der Waals surface area (Å²) < 4.78 is 5.80. The van der Waals surface area contributed by atoms with E-state index >= 15 is 0 Å². The van der Waals surface area contributed by atoms with Gasteiger partial charge in [0.2, 0.25) is 0 Å². The first-order chi connectivity index (χ1) is 9.44. The van der Waals surface area contributed by atoms with E-state index in [2.05, 4.69) is 5.32 Å². The number of carbonyl (C=O) groups excluding carboxylic acids is 1. The third kappa shape index (κ3) is 6.06. The Bertz CT molecular complexity index is 424. The molecule has 0 aromatic heterocycles. The average molecular weight is 279 g/mol. The van der Waals surface area contributed by atoms with E-state index in [1.54, 1.807) is 6.07 Å². The lowest BCUT2D eigenvalue weighted by Crippen LogP contribution is -2.28. The summed E-state index contributed by atoms with van der Waals surface area (Å²) in [6.07, 6.45) is 2.56. The average Bonchev–Trinajstić information content (AvgIpc) is 2.37. The third-order valence-electron chi connectivity index (χ3n) is 2.67. The minimum absolute atomic E-state index is 0.117. The van der Waals surface area contributed by atoms with Crippen molar-refractivity contribution < 1.29 is 14.6 Å². The molecule has 20 heavy (non-hydrogen) atoms. The van der Waals surface area contributed by atoms with Crippen LogP contribution in [0.4, 0.5) is 0 Å². The van der Waals surface area contributed by atoms with Crippen molar-refractivity contribution in [3.63, 3.8) is 0 Å². The molecule has 0 saturated carbocycles. The van der Waals surface area contributed by atoms with E-state index in [0.717, 1.165) is 19.3 Å². The molecular weight excluding hydrogens is 254 g/mol. The highest BCUT2D eigenvalue weighted by atomic mass is 16.5. The highest BCUT2D eigenvalue weighted by Gasteiger charge is 2.17. The Balaban J connectivity index is 2.59. The van der Waals surface area contributed by atoms with E-state index in [4.69, 9.17) is 9.84 Å². The normalized spacial score (nSPS) is 11.2. The van der Waals surface area contributed by atoms with Gasteiger partial charge < -0.3 is 15.2 Å². The Labute approximate surface area is 121 Å². The van der Waals surface area contributed by atoms with Gasteiger partial charge in [0, 0.05) is 13.2 Å². The van der Waals surface area contributed by atoms with Crippen LogP contribution in [-0.2, 0) is 0 Å². The molecule has 0 saturated heterocycles. The van der Waals surface area contributed by atoms with Crippen LogP contribution in [0.25, 0.3) is 0 Å². The van der Waals surface area contributed by atoms with Gasteiger partial charge in [-0.2, -0.15) is 0 Å². The summed E-state index contributed by atoms with van der Waals surface area (Å²) >= 11 is 0. The van der Waals surface area contributed by atoms with E-state index in [9.17, 15) is 4.79 Å². The molecule has 0 spiro atoms. The number of ether oxygens (including phenoxy) is 1. The zero-order valence-electron chi connectivity index (χ0n) is 12.6. The zero-order valence-corrected chi connectivity index (χ0v) is 12.6. The molecule has 1 aromatic carbocycles. The molecular formula is C16H25NO3.